The van der Waals surface area contributed by atoms with E-state index in [2.05, 4.69) is 6.58 Å². The third-order valence-electron chi connectivity index (χ3n) is 0. The molecule has 7 nitrogen and oxygen atoms in total. The first-order valence-corrected chi connectivity index (χ1v) is 4.16. The van der Waals surface area contributed by atoms with Crippen molar-refractivity contribution >= 4 is 16.5 Å². The maximum absolute atomic E-state index is 8.70. The molecule has 0 fully saturated rings. The molecule has 12 heavy (non-hydrogen) atoms. The van der Waals surface area contributed by atoms with E-state index in [1.807, 2.05) is 0 Å². The summed E-state index contributed by atoms with van der Waals surface area (Å²) in [5.74, 6) is 0. The van der Waals surface area contributed by atoms with Crippen LogP contribution in [0.1, 0.15) is 1.43 Å². The number of hydrogen-bond acceptors (Lipinski definition) is 3. The van der Waals surface area contributed by atoms with E-state index in [0.29, 0.717) is 0 Å². The maximum Gasteiger partial charge on any atom is 1.00 e. The molecule has 0 aliphatic heterocycles. The van der Waals surface area contributed by atoms with Crippen LogP contribution in [0, 0.1) is 0 Å². The molecule has 0 aliphatic rings. The van der Waals surface area contributed by atoms with Crippen molar-refractivity contribution in [3.8, 4) is 0 Å². The molecule has 0 aromatic carbocycles. The Morgan fingerprint density at radius 1 is 1.08 bits per heavy atom. The molecule has 10 heteroatoms. The Bertz CT molecular complexity index is 112. The molecule has 0 bridgehead atoms. The van der Waals surface area contributed by atoms with Crippen LogP contribution in [-0.2, 0) is 9.13 Å². The normalized spacial score (nSPS) is 5.33. The molecule has 0 radical (unpaired) electrons. The minimum Gasteiger partial charge on any atom is -1.00 e. The molecule has 0 saturated carbocycles. The molecule has 0 saturated heterocycles. The monoisotopic (exact) mass is 230 g/mol. The number of aliphatic hydroxyl groups is 1. The van der Waals surface area contributed by atoms with Gasteiger partial charge in [0.05, 0.1) is 6.26 Å². The summed E-state index contributed by atoms with van der Waals surface area (Å²) in [5.41, 5.74) is 0. The fourth-order valence-corrected chi connectivity index (χ4v) is 0. The maximum atomic E-state index is 8.70. The predicted octanol–water partition coefficient (Wildman–Crippen LogP) is -2.94. The third-order valence-corrected chi connectivity index (χ3v) is 0. The van der Waals surface area contributed by atoms with Gasteiger partial charge in [-0.1, -0.05) is 6.58 Å². The van der Waals surface area contributed by atoms with E-state index < -0.39 is 16.5 Å². The van der Waals surface area contributed by atoms with Crippen molar-refractivity contribution in [3.05, 3.63) is 12.8 Å². The van der Waals surface area contributed by atoms with Crippen LogP contribution in [-0.4, -0.2) is 24.7 Å². The van der Waals surface area contributed by atoms with Gasteiger partial charge in [-0.15, -0.1) is 19.6 Å². The molecule has 68 valence electrons. The van der Waals surface area contributed by atoms with Gasteiger partial charge < -0.3 is 6.53 Å². The minimum atomic E-state index is -2.87. The molecule has 0 aliphatic carbocycles. The summed E-state index contributed by atoms with van der Waals surface area (Å²) in [6.45, 7) is 2.92. The topological polar surface area (TPSA) is 135 Å². The molecule has 0 unspecified atom stereocenters. The van der Waals surface area contributed by atoms with E-state index in [1.165, 1.54) is 0 Å². The average Bonchev–Trinajstić information content (AvgIpc) is 1.60. The number of aliphatic hydroxyl groups excluding tert-OH is 1. The number of hydrogen-bond donors (Lipinski definition) is 5. The molecule has 0 aromatic heterocycles. The van der Waals surface area contributed by atoms with Crippen molar-refractivity contribution in [2.75, 3.05) is 0 Å². The Morgan fingerprint density at radius 3 is 1.08 bits per heavy atom. The fourth-order valence-electron chi connectivity index (χ4n) is 0. The smallest absolute Gasteiger partial charge is 1.00 e. The second kappa shape index (κ2) is 22.6. The first kappa shape index (κ1) is 22.9. The summed E-state index contributed by atoms with van der Waals surface area (Å²) in [6, 6.07) is 0. The van der Waals surface area contributed by atoms with Gasteiger partial charge in [0.2, 0.25) is 0 Å². The molecule has 0 amide bonds. The van der Waals surface area contributed by atoms with Gasteiger partial charge in [-0.25, -0.2) is 0 Å². The molecular weight excluding hydrogens is 221 g/mol. The van der Waals surface area contributed by atoms with Crippen LogP contribution in [0.5, 0.6) is 0 Å². The van der Waals surface area contributed by atoms with Crippen molar-refractivity contribution < 1.29 is 64.8 Å². The Kier molecular flexibility index (Phi) is 43.1. The molecular formula is C2H9NaO7P2+2. The van der Waals surface area contributed by atoms with E-state index in [4.69, 9.17) is 33.8 Å². The SMILES string of the molecule is C=CO.O=[P+](O)O.O=[P+](O)O.[H-].[Na+]. The second-order valence-corrected chi connectivity index (χ2v) is 1.70. The summed E-state index contributed by atoms with van der Waals surface area (Å²) in [5, 5.41) is 7.33. The molecule has 0 spiro atoms. The van der Waals surface area contributed by atoms with Crippen molar-refractivity contribution in [2.45, 2.75) is 0 Å². The molecule has 0 heterocycles. The van der Waals surface area contributed by atoms with E-state index in [0.717, 1.165) is 6.26 Å². The summed E-state index contributed by atoms with van der Waals surface area (Å²) in [4.78, 5) is 28.5. The Hall–Kier alpha value is 0.580. The average molecular weight is 230 g/mol. The van der Waals surface area contributed by atoms with Gasteiger partial charge in [0.1, 0.15) is 0 Å². The van der Waals surface area contributed by atoms with Crippen LogP contribution in [0.15, 0.2) is 12.8 Å². The van der Waals surface area contributed by atoms with E-state index >= 15 is 0 Å². The number of rotatable bonds is 0. The zero-order valence-electron chi connectivity index (χ0n) is 7.23. The van der Waals surface area contributed by atoms with Gasteiger partial charge in [-0.2, -0.15) is 0 Å². The van der Waals surface area contributed by atoms with E-state index in [1.54, 1.807) is 0 Å². The van der Waals surface area contributed by atoms with Crippen molar-refractivity contribution in [3.63, 3.8) is 0 Å². The zero-order chi connectivity index (χ0) is 9.86. The quantitative estimate of drug-likeness (QED) is 0.170. The minimum absolute atomic E-state index is 0. The summed E-state index contributed by atoms with van der Waals surface area (Å²) < 4.78 is 17.4. The first-order chi connectivity index (χ1) is 4.88. The fraction of sp³-hybridized carbons (Fsp3) is 0. The van der Waals surface area contributed by atoms with Crippen LogP contribution in [0.4, 0.5) is 0 Å². The van der Waals surface area contributed by atoms with Crippen molar-refractivity contribution in [1.29, 1.82) is 0 Å². The Balaban J connectivity index is -0.0000000231. The van der Waals surface area contributed by atoms with Crippen molar-refractivity contribution in [2.24, 2.45) is 0 Å². The van der Waals surface area contributed by atoms with Crippen LogP contribution < -0.4 is 29.6 Å². The predicted molar refractivity (Wildman–Crippen MR) is 38.0 cm³/mol. The van der Waals surface area contributed by atoms with Gasteiger partial charge in [0.25, 0.3) is 0 Å². The largest absolute Gasteiger partial charge is 1.00 e. The van der Waals surface area contributed by atoms with E-state index in [-0.39, 0.29) is 31.0 Å². The standard InChI is InChI=1S/C2H4O.Na.2HO3P.H/c1-2-3;;2*1-4(2)3;/h2-3H,1H2;;2*(H-,1,2,3);/q;+1;;;-1/p+2. The summed E-state index contributed by atoms with van der Waals surface area (Å²) in [7, 11) is -5.74. The van der Waals surface area contributed by atoms with Gasteiger partial charge in [0.15, 0.2) is 0 Å². The molecule has 0 rings (SSSR count). The van der Waals surface area contributed by atoms with E-state index in [9.17, 15) is 0 Å². The van der Waals surface area contributed by atoms with Crippen molar-refractivity contribution in [1.82, 2.24) is 0 Å². The molecule has 0 aromatic rings. The van der Waals surface area contributed by atoms with Crippen LogP contribution in [0.25, 0.3) is 0 Å². The summed E-state index contributed by atoms with van der Waals surface area (Å²) >= 11 is 0. The second-order valence-electron chi connectivity index (χ2n) is 0.688. The Labute approximate surface area is 94.1 Å². The molecule has 5 N–H and O–H groups in total. The van der Waals surface area contributed by atoms with Gasteiger partial charge in [0, 0.05) is 9.13 Å². The van der Waals surface area contributed by atoms with Crippen LogP contribution in [0.3, 0.4) is 0 Å². The van der Waals surface area contributed by atoms with Gasteiger partial charge in [-0.3, -0.25) is 0 Å². The van der Waals surface area contributed by atoms with Crippen LogP contribution >= 0.6 is 16.5 Å². The summed E-state index contributed by atoms with van der Waals surface area (Å²) in [6.07, 6.45) is 0.750. The van der Waals surface area contributed by atoms with Crippen LogP contribution in [0.2, 0.25) is 0 Å². The Morgan fingerprint density at radius 2 is 1.08 bits per heavy atom. The van der Waals surface area contributed by atoms with Gasteiger partial charge >= 0.3 is 46.1 Å². The first-order valence-electron chi connectivity index (χ1n) is 1.83. The molecule has 0 atom stereocenters. The zero-order valence-corrected chi connectivity index (χ0v) is 10.0. The third kappa shape index (κ3) is 2890. The van der Waals surface area contributed by atoms with Gasteiger partial charge in [-0.05, 0) is 0 Å².